The molecular formula is C20H19FN2O4. The normalized spacial score (nSPS) is 15.5. The Bertz CT molecular complexity index is 897. The molecule has 1 aliphatic heterocycles. The Labute approximate surface area is 155 Å². The Morgan fingerprint density at radius 2 is 2.04 bits per heavy atom. The Balaban J connectivity index is 1.57. The van der Waals surface area contributed by atoms with Crippen LogP contribution in [0, 0.1) is 12.7 Å². The molecule has 1 heterocycles. The van der Waals surface area contributed by atoms with E-state index in [-0.39, 0.29) is 12.1 Å². The topological polar surface area (TPSA) is 84.5 Å². The number of rotatable bonds is 5. The maximum Gasteiger partial charge on any atom is 0.314 e. The summed E-state index contributed by atoms with van der Waals surface area (Å²) in [5, 5.41) is 5.22. The molecule has 0 aliphatic carbocycles. The van der Waals surface area contributed by atoms with Gasteiger partial charge in [-0.15, -0.1) is 0 Å². The minimum absolute atomic E-state index is 0.109. The summed E-state index contributed by atoms with van der Waals surface area (Å²) in [4.78, 5) is 36.1. The molecule has 0 radical (unpaired) electrons. The zero-order valence-electron chi connectivity index (χ0n) is 14.8. The second-order valence-electron chi connectivity index (χ2n) is 6.35. The number of ether oxygens (including phenoxy) is 1. The summed E-state index contributed by atoms with van der Waals surface area (Å²) in [7, 11) is 0. The maximum atomic E-state index is 13.3. The van der Waals surface area contributed by atoms with Gasteiger partial charge in [0.15, 0.2) is 6.61 Å². The van der Waals surface area contributed by atoms with Gasteiger partial charge in [0.25, 0.3) is 5.91 Å². The summed E-state index contributed by atoms with van der Waals surface area (Å²) in [6.07, 6.45) is -0.109. The second kappa shape index (κ2) is 7.99. The van der Waals surface area contributed by atoms with E-state index in [2.05, 4.69) is 10.6 Å². The van der Waals surface area contributed by atoms with E-state index in [9.17, 15) is 18.8 Å². The summed E-state index contributed by atoms with van der Waals surface area (Å²) in [5.74, 6) is -2.91. The number of hydrogen-bond donors (Lipinski definition) is 2. The van der Waals surface area contributed by atoms with Crippen molar-refractivity contribution in [2.45, 2.75) is 25.8 Å². The van der Waals surface area contributed by atoms with Crippen LogP contribution in [0.1, 0.15) is 29.0 Å². The highest BCUT2D eigenvalue weighted by atomic mass is 19.1. The van der Waals surface area contributed by atoms with Crippen LogP contribution in [-0.4, -0.2) is 24.4 Å². The highest BCUT2D eigenvalue weighted by molar-refractivity contribution is 6.00. The zero-order valence-corrected chi connectivity index (χ0v) is 14.8. The highest BCUT2D eigenvalue weighted by Crippen LogP contribution is 2.33. The van der Waals surface area contributed by atoms with Gasteiger partial charge in [0.2, 0.25) is 5.91 Å². The number of hydrogen-bond acceptors (Lipinski definition) is 4. The zero-order chi connectivity index (χ0) is 19.4. The van der Waals surface area contributed by atoms with Crippen LogP contribution < -0.4 is 10.6 Å². The van der Waals surface area contributed by atoms with Crippen LogP contribution >= 0.6 is 0 Å². The molecule has 0 spiro atoms. The number of fused-ring (bicyclic) bond motifs is 1. The Morgan fingerprint density at radius 3 is 2.81 bits per heavy atom. The molecule has 6 nitrogen and oxygen atoms in total. The maximum absolute atomic E-state index is 13.3. The van der Waals surface area contributed by atoms with Gasteiger partial charge in [-0.2, -0.15) is 0 Å². The van der Waals surface area contributed by atoms with Crippen LogP contribution in [0.4, 0.5) is 10.1 Å². The van der Waals surface area contributed by atoms with Crippen LogP contribution in [0.3, 0.4) is 0 Å². The molecular weight excluding hydrogens is 351 g/mol. The van der Waals surface area contributed by atoms with Crippen molar-refractivity contribution in [1.82, 2.24) is 5.32 Å². The van der Waals surface area contributed by atoms with E-state index in [4.69, 9.17) is 4.74 Å². The van der Waals surface area contributed by atoms with Gasteiger partial charge >= 0.3 is 5.97 Å². The lowest BCUT2D eigenvalue weighted by Crippen LogP contribution is -2.32. The third kappa shape index (κ3) is 4.49. The number of anilines is 1. The van der Waals surface area contributed by atoms with Crippen LogP contribution in [0.2, 0.25) is 0 Å². The van der Waals surface area contributed by atoms with E-state index in [1.54, 1.807) is 0 Å². The van der Waals surface area contributed by atoms with E-state index in [1.165, 1.54) is 12.1 Å². The second-order valence-corrected chi connectivity index (χ2v) is 6.35. The first kappa shape index (κ1) is 18.6. The fourth-order valence-electron chi connectivity index (χ4n) is 2.94. The number of halogens is 1. The van der Waals surface area contributed by atoms with E-state index < -0.39 is 36.1 Å². The molecule has 2 amide bonds. The molecule has 1 unspecified atom stereocenters. The largest absolute Gasteiger partial charge is 0.455 e. The standard InChI is InChI=1S/C20H19FN2O4/c1-12-4-2-3-5-13(12)10-22-19(25)11-27-20(26)16-9-18(24)23-17-8-14(21)6-7-15(16)17/h2-8,16H,9-11H2,1H3,(H,22,25)(H,23,24). The number of amides is 2. The lowest BCUT2D eigenvalue weighted by molar-refractivity contribution is -0.151. The Hall–Kier alpha value is -3.22. The third-order valence-electron chi connectivity index (χ3n) is 4.42. The van der Waals surface area contributed by atoms with Gasteiger partial charge in [-0.05, 0) is 35.7 Å². The fraction of sp³-hybridized carbons (Fsp3) is 0.250. The first-order valence-electron chi connectivity index (χ1n) is 8.51. The monoisotopic (exact) mass is 370 g/mol. The average Bonchev–Trinajstić information content (AvgIpc) is 2.64. The lowest BCUT2D eigenvalue weighted by atomic mass is 9.90. The number of aryl methyl sites for hydroxylation is 1. The lowest BCUT2D eigenvalue weighted by Gasteiger charge is -2.24. The quantitative estimate of drug-likeness (QED) is 0.792. The number of carbonyl (C=O) groups is 3. The molecule has 0 bridgehead atoms. The van der Waals surface area contributed by atoms with Crippen molar-refractivity contribution in [1.29, 1.82) is 0 Å². The summed E-state index contributed by atoms with van der Waals surface area (Å²) < 4.78 is 18.4. The number of carbonyl (C=O) groups excluding carboxylic acids is 3. The van der Waals surface area contributed by atoms with Crippen LogP contribution in [0.25, 0.3) is 0 Å². The van der Waals surface area contributed by atoms with Crippen LogP contribution in [0.5, 0.6) is 0 Å². The van der Waals surface area contributed by atoms with Crippen molar-refractivity contribution >= 4 is 23.5 Å². The van der Waals surface area contributed by atoms with Gasteiger partial charge in [-0.25, -0.2) is 4.39 Å². The van der Waals surface area contributed by atoms with E-state index in [1.807, 2.05) is 31.2 Å². The molecule has 2 aromatic rings. The molecule has 0 saturated carbocycles. The average molecular weight is 370 g/mol. The van der Waals surface area contributed by atoms with Gasteiger partial charge in [0, 0.05) is 18.7 Å². The fourth-order valence-corrected chi connectivity index (χ4v) is 2.94. The van der Waals surface area contributed by atoms with Gasteiger partial charge in [-0.1, -0.05) is 30.3 Å². The molecule has 0 fully saturated rings. The minimum atomic E-state index is -0.862. The SMILES string of the molecule is Cc1ccccc1CNC(=O)COC(=O)C1CC(=O)Nc2cc(F)ccc21. The molecule has 140 valence electrons. The van der Waals surface area contributed by atoms with E-state index in [0.717, 1.165) is 17.2 Å². The molecule has 2 aromatic carbocycles. The summed E-state index contributed by atoms with van der Waals surface area (Å²) in [5.41, 5.74) is 2.74. The van der Waals surface area contributed by atoms with Crippen molar-refractivity contribution in [3.63, 3.8) is 0 Å². The van der Waals surface area contributed by atoms with Crippen molar-refractivity contribution in [2.75, 3.05) is 11.9 Å². The minimum Gasteiger partial charge on any atom is -0.455 e. The van der Waals surface area contributed by atoms with Gasteiger partial charge in [-0.3, -0.25) is 14.4 Å². The van der Waals surface area contributed by atoms with Crippen molar-refractivity contribution in [2.24, 2.45) is 0 Å². The molecule has 0 aromatic heterocycles. The van der Waals surface area contributed by atoms with E-state index >= 15 is 0 Å². The summed E-state index contributed by atoms with van der Waals surface area (Å²) >= 11 is 0. The first-order chi connectivity index (χ1) is 12.9. The predicted octanol–water partition coefficient (Wildman–Crippen LogP) is 2.42. The molecule has 7 heteroatoms. The Kier molecular flexibility index (Phi) is 5.49. The van der Waals surface area contributed by atoms with Crippen molar-refractivity contribution < 1.29 is 23.5 Å². The number of benzene rings is 2. The van der Waals surface area contributed by atoms with Gasteiger partial charge in [0.05, 0.1) is 5.92 Å². The van der Waals surface area contributed by atoms with Crippen LogP contribution in [0.15, 0.2) is 42.5 Å². The molecule has 1 aliphatic rings. The molecule has 3 rings (SSSR count). The summed E-state index contributed by atoms with van der Waals surface area (Å²) in [6, 6.07) is 11.4. The number of esters is 1. The van der Waals surface area contributed by atoms with Crippen LogP contribution in [-0.2, 0) is 25.7 Å². The van der Waals surface area contributed by atoms with Gasteiger partial charge < -0.3 is 15.4 Å². The smallest absolute Gasteiger partial charge is 0.314 e. The van der Waals surface area contributed by atoms with Gasteiger partial charge in [0.1, 0.15) is 5.82 Å². The highest BCUT2D eigenvalue weighted by Gasteiger charge is 2.32. The van der Waals surface area contributed by atoms with Crippen molar-refractivity contribution in [3.8, 4) is 0 Å². The molecule has 0 saturated heterocycles. The Morgan fingerprint density at radius 1 is 1.26 bits per heavy atom. The van der Waals surface area contributed by atoms with Crippen molar-refractivity contribution in [3.05, 3.63) is 65.0 Å². The molecule has 1 atom stereocenters. The molecule has 2 N–H and O–H groups in total. The molecule has 27 heavy (non-hydrogen) atoms. The number of nitrogens with one attached hydrogen (secondary N) is 2. The first-order valence-corrected chi connectivity index (χ1v) is 8.51. The summed E-state index contributed by atoms with van der Waals surface area (Å²) in [6.45, 7) is 1.83. The predicted molar refractivity (Wildman–Crippen MR) is 96.4 cm³/mol. The third-order valence-corrected chi connectivity index (χ3v) is 4.42. The van der Waals surface area contributed by atoms with E-state index in [0.29, 0.717) is 12.1 Å².